The predicted octanol–water partition coefficient (Wildman–Crippen LogP) is -1.17. The maximum absolute atomic E-state index is 14.1. The van der Waals surface area contributed by atoms with Crippen molar-refractivity contribution in [3.63, 3.8) is 0 Å². The van der Waals surface area contributed by atoms with E-state index >= 15 is 0 Å². The first-order valence-corrected chi connectivity index (χ1v) is 21.8. The molecule has 6 rings (SSSR count). The second kappa shape index (κ2) is 20.3. The fourth-order valence-corrected chi connectivity index (χ4v) is 7.90. The van der Waals surface area contributed by atoms with E-state index in [4.69, 9.17) is 39.5 Å². The lowest BCUT2D eigenvalue weighted by Crippen LogP contribution is -2.49. The Balaban J connectivity index is 1.25. The molecule has 0 saturated carbocycles. The summed E-state index contributed by atoms with van der Waals surface area (Å²) < 4.78 is 78.9. The lowest BCUT2D eigenvalue weighted by molar-refractivity contribution is -0.168. The van der Waals surface area contributed by atoms with Crippen LogP contribution in [0.3, 0.4) is 0 Å². The molecule has 0 bridgehead atoms. The number of aliphatic hydroxyl groups is 2. The molecule has 64 heavy (non-hydrogen) atoms. The minimum atomic E-state index is -5.47. The Hall–Kier alpha value is -5.19. The summed E-state index contributed by atoms with van der Waals surface area (Å²) in [6, 6.07) is 0.798. The number of nitrogen functional groups attached to an aromatic ring is 2. The van der Waals surface area contributed by atoms with Crippen LogP contribution in [0.15, 0.2) is 60.8 Å². The average Bonchev–Trinajstić information content (AvgIpc) is 3.89. The van der Waals surface area contributed by atoms with Crippen molar-refractivity contribution in [2.45, 2.75) is 74.6 Å². The van der Waals surface area contributed by atoms with Crippen LogP contribution in [-0.2, 0) is 57.8 Å². The number of phosphoric ester groups is 2. The van der Waals surface area contributed by atoms with Crippen LogP contribution in [0.1, 0.15) is 30.9 Å². The Labute approximate surface area is 360 Å². The summed E-state index contributed by atoms with van der Waals surface area (Å²) in [4.78, 5) is 89.8. The van der Waals surface area contributed by atoms with E-state index in [1.165, 1.54) is 30.2 Å². The second-order valence-electron chi connectivity index (χ2n) is 14.1. The van der Waals surface area contributed by atoms with Crippen molar-refractivity contribution in [1.29, 1.82) is 0 Å². The summed E-state index contributed by atoms with van der Waals surface area (Å²) in [5.74, 6) is -2.59. The fourth-order valence-electron chi connectivity index (χ4n) is 6.59. The molecule has 2 aliphatic rings. The van der Waals surface area contributed by atoms with Gasteiger partial charge in [0, 0.05) is 25.9 Å². The van der Waals surface area contributed by atoms with Gasteiger partial charge in [-0.25, -0.2) is 38.1 Å². The minimum absolute atomic E-state index is 0.0409. The molecular weight excluding hydrogens is 901 g/mol. The number of ether oxygens (including phenoxy) is 4. The Kier molecular flexibility index (Phi) is 15.3. The van der Waals surface area contributed by atoms with Crippen molar-refractivity contribution < 1.29 is 80.5 Å². The Morgan fingerprint density at radius 3 is 2.41 bits per heavy atom. The van der Waals surface area contributed by atoms with Gasteiger partial charge in [0.05, 0.1) is 39.0 Å². The largest absolute Gasteiger partial charge is 0.472 e. The van der Waals surface area contributed by atoms with E-state index in [2.05, 4.69) is 36.0 Å². The standard InChI is InChI=1S/C34H43FN10O17P2/c1-3-4-5-23(46)43(2)19(12-56-11-17-8-18(35)10-38-9-17)33(49)61-27-20(59-32(25(27)47)45-16-41-24-29(37)39-15-40-30(24)45)14-58-64(54,55)62-28-21(13-57-63(51,52)53)60-31(26(28)48)44-7-6-22(36)42-34(44)50/h3,6-10,15-16,19-21,25-28,31-32,47-48H,1,4-5,11-14H2,2H3,(H,54,55)(H2,36,42,50)(H2,37,39,40)(H2,51,52,53)/t19?,20-,21-,25-,26-,27-,28-,31-,32-/m1/s1. The molecule has 2 fully saturated rings. The van der Waals surface area contributed by atoms with Crippen LogP contribution in [-0.4, -0.2) is 145 Å². The number of imidazole rings is 1. The topological polar surface area (TPSA) is 381 Å². The Morgan fingerprint density at radius 1 is 1.03 bits per heavy atom. The lowest BCUT2D eigenvalue weighted by Gasteiger charge is -2.29. The van der Waals surface area contributed by atoms with Crippen molar-refractivity contribution in [3.05, 3.63) is 77.9 Å². The van der Waals surface area contributed by atoms with Crippen LogP contribution in [0.4, 0.5) is 16.0 Å². The minimum Gasteiger partial charge on any atom is -0.455 e. The maximum atomic E-state index is 14.1. The van der Waals surface area contributed by atoms with Crippen LogP contribution in [0.25, 0.3) is 11.2 Å². The first kappa shape index (κ1) is 48.3. The number of carbonyl (C=O) groups excluding carboxylic acids is 2. The number of anilines is 2. The van der Waals surface area contributed by atoms with E-state index in [0.717, 1.165) is 40.3 Å². The molecule has 9 N–H and O–H groups in total. The highest BCUT2D eigenvalue weighted by atomic mass is 31.2. The predicted molar refractivity (Wildman–Crippen MR) is 211 cm³/mol. The number of nitrogens with two attached hydrogens (primary N) is 2. The molecule has 2 unspecified atom stereocenters. The molecule has 2 saturated heterocycles. The zero-order valence-electron chi connectivity index (χ0n) is 33.4. The van der Waals surface area contributed by atoms with Gasteiger partial charge in [-0.3, -0.25) is 32.5 Å². The van der Waals surface area contributed by atoms with Crippen molar-refractivity contribution >= 4 is 50.3 Å². The third-order valence-electron chi connectivity index (χ3n) is 9.72. The normalized spacial score (nSPS) is 24.9. The van der Waals surface area contributed by atoms with Crippen LogP contribution in [0.2, 0.25) is 0 Å². The van der Waals surface area contributed by atoms with Crippen LogP contribution in [0, 0.1) is 5.82 Å². The van der Waals surface area contributed by atoms with E-state index in [1.54, 1.807) is 0 Å². The molecule has 0 aromatic carbocycles. The molecule has 4 aromatic rings. The van der Waals surface area contributed by atoms with Gasteiger partial charge in [-0.1, -0.05) is 6.08 Å². The van der Waals surface area contributed by atoms with Crippen molar-refractivity contribution in [2.75, 3.05) is 38.3 Å². The number of aliphatic hydroxyl groups excluding tert-OH is 2. The van der Waals surface area contributed by atoms with Gasteiger partial charge in [0.1, 0.15) is 54.0 Å². The molecule has 30 heteroatoms. The number of nitrogens with zero attached hydrogens (tertiary/aromatic N) is 8. The number of hydrogen-bond donors (Lipinski definition) is 7. The summed E-state index contributed by atoms with van der Waals surface area (Å²) >= 11 is 0. The quantitative estimate of drug-likeness (QED) is 0.0312. The average molecular weight is 945 g/mol. The molecule has 10 atom stereocenters. The number of aromatic nitrogens is 7. The van der Waals surface area contributed by atoms with Crippen LogP contribution >= 0.6 is 15.6 Å². The van der Waals surface area contributed by atoms with E-state index in [1.807, 2.05) is 0 Å². The fraction of sp³-hybridized carbons (Fsp3) is 0.471. The summed E-state index contributed by atoms with van der Waals surface area (Å²) in [5.41, 5.74) is 10.9. The van der Waals surface area contributed by atoms with Gasteiger partial charge in [0.15, 0.2) is 36.1 Å². The molecule has 1 amide bonds. The summed E-state index contributed by atoms with van der Waals surface area (Å²) in [6.45, 7) is 0.763. The number of pyridine rings is 1. The third-order valence-corrected chi connectivity index (χ3v) is 11.2. The van der Waals surface area contributed by atoms with E-state index < -0.39 is 114 Å². The number of carbonyl (C=O) groups is 2. The number of phosphoric acid groups is 2. The van der Waals surface area contributed by atoms with Gasteiger partial charge in [0.25, 0.3) is 0 Å². The highest BCUT2D eigenvalue weighted by Gasteiger charge is 2.52. The van der Waals surface area contributed by atoms with E-state index in [9.17, 15) is 52.8 Å². The number of fused-ring (bicyclic) bond motifs is 1. The van der Waals surface area contributed by atoms with Crippen LogP contribution in [0.5, 0.6) is 0 Å². The summed E-state index contributed by atoms with van der Waals surface area (Å²) in [5, 5.41) is 22.9. The SMILES string of the molecule is C=CCCC(=O)N(C)C(COCc1cncc(F)c1)C(=O)O[C@H]1[C@@H](O)[C@H](n2cnc3c(N)ncnc32)O[C@@H]1COP(=O)(O)O[C@H]1[C@@H](O)[C@H](n2ccc(N)nc2=O)O[C@@H]1COP(=O)(O)O. The number of allylic oxidation sites excluding steroid dienone is 1. The zero-order valence-corrected chi connectivity index (χ0v) is 35.2. The van der Waals surface area contributed by atoms with Gasteiger partial charge in [-0.05, 0) is 24.1 Å². The number of esters is 1. The first-order valence-electron chi connectivity index (χ1n) is 18.8. The molecular formula is C34H43FN10O17P2. The molecule has 0 spiro atoms. The Morgan fingerprint density at radius 2 is 1.72 bits per heavy atom. The number of halogens is 1. The van der Waals surface area contributed by atoms with Gasteiger partial charge in [-0.15, -0.1) is 6.58 Å². The molecule has 0 aliphatic carbocycles. The lowest BCUT2D eigenvalue weighted by atomic mass is 10.1. The van der Waals surface area contributed by atoms with Gasteiger partial charge < -0.3 is 60.2 Å². The van der Waals surface area contributed by atoms with Gasteiger partial charge in [0.2, 0.25) is 5.91 Å². The summed E-state index contributed by atoms with van der Waals surface area (Å²) in [6.07, 6.45) is -6.97. The van der Waals surface area contributed by atoms with E-state index in [-0.39, 0.29) is 42.2 Å². The number of likely N-dealkylation sites (N-methyl/N-ethyl adjacent to an activating group) is 1. The molecule has 6 heterocycles. The monoisotopic (exact) mass is 944 g/mol. The summed E-state index contributed by atoms with van der Waals surface area (Å²) in [7, 11) is -9.37. The Bertz CT molecular complexity index is 2480. The second-order valence-corrected chi connectivity index (χ2v) is 16.8. The van der Waals surface area contributed by atoms with Gasteiger partial charge >= 0.3 is 27.3 Å². The number of amides is 1. The first-order chi connectivity index (χ1) is 30.3. The van der Waals surface area contributed by atoms with Crippen molar-refractivity contribution in [1.82, 2.24) is 39.0 Å². The maximum Gasteiger partial charge on any atom is 0.472 e. The van der Waals surface area contributed by atoms with Crippen molar-refractivity contribution in [3.8, 4) is 0 Å². The zero-order chi connectivity index (χ0) is 46.5. The van der Waals surface area contributed by atoms with E-state index in [0.29, 0.717) is 5.56 Å². The molecule has 27 nitrogen and oxygen atoms in total. The molecule has 4 aromatic heterocycles. The highest BCUT2D eigenvalue weighted by Crippen LogP contribution is 2.50. The number of hydrogen-bond acceptors (Lipinski definition) is 21. The van der Waals surface area contributed by atoms with Gasteiger partial charge in [-0.2, -0.15) is 4.98 Å². The number of rotatable bonds is 20. The highest BCUT2D eigenvalue weighted by molar-refractivity contribution is 7.47. The third kappa shape index (κ3) is 11.5. The van der Waals surface area contributed by atoms with Crippen LogP contribution < -0.4 is 17.2 Å². The molecule has 348 valence electrons. The smallest absolute Gasteiger partial charge is 0.455 e. The van der Waals surface area contributed by atoms with Crippen molar-refractivity contribution in [2.24, 2.45) is 0 Å². The molecule has 0 radical (unpaired) electrons. The molecule has 2 aliphatic heterocycles.